The predicted molar refractivity (Wildman–Crippen MR) is 51.5 cm³/mol. The summed E-state index contributed by atoms with van der Waals surface area (Å²) in [6.45, 7) is 0.816. The van der Waals surface area contributed by atoms with Crippen LogP contribution in [0.15, 0.2) is 18.2 Å². The van der Waals surface area contributed by atoms with Crippen LogP contribution in [0, 0.1) is 0 Å². The van der Waals surface area contributed by atoms with Crippen molar-refractivity contribution in [2.24, 2.45) is 0 Å². The smallest absolute Gasteiger partial charge is 0.145 e. The molecule has 0 aromatic carbocycles. The Hall–Kier alpha value is -1.36. The average molecular weight is 194 g/mol. The molecule has 0 amide bonds. The zero-order valence-electron chi connectivity index (χ0n) is 8.16. The van der Waals surface area contributed by atoms with Crippen LogP contribution in [-0.4, -0.2) is 28.8 Å². The maximum atomic E-state index is 5.30. The average Bonchev–Trinajstić information content (AvgIpc) is 2.74. The van der Waals surface area contributed by atoms with E-state index in [-0.39, 0.29) is 6.04 Å². The lowest BCUT2D eigenvalue weighted by molar-refractivity contribution is 0.219. The van der Waals surface area contributed by atoms with Gasteiger partial charge in [-0.25, -0.2) is 4.98 Å². The van der Waals surface area contributed by atoms with Gasteiger partial charge in [-0.15, -0.1) is 0 Å². The highest BCUT2D eigenvalue weighted by Gasteiger charge is 2.19. The molecular formula is C9H14N4O. The number of likely N-dealkylation sites (N-methyl/N-ethyl adjacent to an activating group) is 1. The summed E-state index contributed by atoms with van der Waals surface area (Å²) in [6, 6.07) is 0.0952. The van der Waals surface area contributed by atoms with Crippen LogP contribution in [0.1, 0.15) is 24.7 Å². The molecule has 0 saturated carbocycles. The Morgan fingerprint density at radius 3 is 3.14 bits per heavy atom. The van der Waals surface area contributed by atoms with E-state index >= 15 is 0 Å². The van der Waals surface area contributed by atoms with Gasteiger partial charge in [0.05, 0.1) is 18.9 Å². The summed E-state index contributed by atoms with van der Waals surface area (Å²) in [4.78, 5) is 4.14. The first kappa shape index (κ1) is 9.21. The lowest BCUT2D eigenvalue weighted by Crippen LogP contribution is -2.22. The molecule has 0 bridgehead atoms. The summed E-state index contributed by atoms with van der Waals surface area (Å²) in [5.74, 6) is 0.837. The Morgan fingerprint density at radius 1 is 1.64 bits per heavy atom. The number of hydrogen-bond acceptors (Lipinski definition) is 4. The van der Waals surface area contributed by atoms with E-state index < -0.39 is 0 Å². The molecule has 2 N–H and O–H groups in total. The molecule has 0 aliphatic carbocycles. The zero-order chi connectivity index (χ0) is 9.80. The number of nitrogens with zero attached hydrogens (tertiary/aromatic N) is 2. The molecule has 1 aliphatic rings. The summed E-state index contributed by atoms with van der Waals surface area (Å²) < 4.78 is 5.30. The van der Waals surface area contributed by atoms with E-state index in [0.717, 1.165) is 25.3 Å². The fourth-order valence-electron chi connectivity index (χ4n) is 1.65. The first-order chi connectivity index (χ1) is 6.92. The second-order valence-electron chi connectivity index (χ2n) is 3.26. The third-order valence-corrected chi connectivity index (χ3v) is 2.33. The van der Waals surface area contributed by atoms with Crippen LogP contribution in [-0.2, 0) is 4.74 Å². The second kappa shape index (κ2) is 4.23. The summed E-state index contributed by atoms with van der Waals surface area (Å²) in [5.41, 5.74) is 1.22. The van der Waals surface area contributed by atoms with Crippen LogP contribution in [0.3, 0.4) is 0 Å². The van der Waals surface area contributed by atoms with Gasteiger partial charge in [0.25, 0.3) is 0 Å². The van der Waals surface area contributed by atoms with Gasteiger partial charge in [0, 0.05) is 0 Å². The standard InChI is InChI=1S/C9H14N4O/c1-10-8(9-11-6-12-13-9)7-3-2-4-14-5-7/h5-6,8,10H,2-4H2,1H3,(H,11,12,13). The van der Waals surface area contributed by atoms with Crippen molar-refractivity contribution in [1.82, 2.24) is 20.5 Å². The Bertz CT molecular complexity index is 307. The summed E-state index contributed by atoms with van der Waals surface area (Å²) in [7, 11) is 1.91. The van der Waals surface area contributed by atoms with Crippen LogP contribution in [0.5, 0.6) is 0 Å². The molecule has 1 aromatic heterocycles. The molecule has 1 aromatic rings. The summed E-state index contributed by atoms with van der Waals surface area (Å²) >= 11 is 0. The molecule has 2 rings (SSSR count). The van der Waals surface area contributed by atoms with Crippen molar-refractivity contribution in [1.29, 1.82) is 0 Å². The second-order valence-corrected chi connectivity index (χ2v) is 3.26. The van der Waals surface area contributed by atoms with Gasteiger partial charge in [-0.2, -0.15) is 5.10 Å². The monoisotopic (exact) mass is 194 g/mol. The van der Waals surface area contributed by atoms with E-state index in [0.29, 0.717) is 0 Å². The van der Waals surface area contributed by atoms with Gasteiger partial charge in [-0.1, -0.05) is 0 Å². The van der Waals surface area contributed by atoms with Crippen LogP contribution >= 0.6 is 0 Å². The molecule has 76 valence electrons. The van der Waals surface area contributed by atoms with Gasteiger partial charge in [-0.05, 0) is 25.5 Å². The molecule has 5 heteroatoms. The van der Waals surface area contributed by atoms with Crippen molar-refractivity contribution >= 4 is 0 Å². The van der Waals surface area contributed by atoms with Crippen molar-refractivity contribution < 1.29 is 4.74 Å². The molecular weight excluding hydrogens is 180 g/mol. The van der Waals surface area contributed by atoms with Crippen molar-refractivity contribution in [2.45, 2.75) is 18.9 Å². The van der Waals surface area contributed by atoms with Crippen molar-refractivity contribution in [3.05, 3.63) is 24.0 Å². The number of H-pyrrole nitrogens is 1. The number of aromatic amines is 1. The first-order valence-corrected chi connectivity index (χ1v) is 4.75. The third kappa shape index (κ3) is 1.77. The maximum Gasteiger partial charge on any atom is 0.145 e. The van der Waals surface area contributed by atoms with Gasteiger partial charge in [-0.3, -0.25) is 5.10 Å². The molecule has 0 spiro atoms. The number of ether oxygens (including phenoxy) is 1. The SMILES string of the molecule is CNC(C1=COCCC1)c1ncn[nH]1. The molecule has 0 fully saturated rings. The molecule has 5 nitrogen and oxygen atoms in total. The van der Waals surface area contributed by atoms with Gasteiger partial charge in [0.2, 0.25) is 0 Å². The molecule has 14 heavy (non-hydrogen) atoms. The van der Waals surface area contributed by atoms with Gasteiger partial charge in [0.1, 0.15) is 12.2 Å². The lowest BCUT2D eigenvalue weighted by atomic mass is 10.0. The fraction of sp³-hybridized carbons (Fsp3) is 0.556. The molecule has 1 atom stereocenters. The van der Waals surface area contributed by atoms with Crippen molar-refractivity contribution in [3.63, 3.8) is 0 Å². The Balaban J connectivity index is 2.16. The summed E-state index contributed by atoms with van der Waals surface area (Å²) in [6.07, 6.45) is 5.46. The molecule has 1 unspecified atom stereocenters. The number of aromatic nitrogens is 3. The molecule has 1 aliphatic heterocycles. The fourth-order valence-corrected chi connectivity index (χ4v) is 1.65. The Labute approximate surface area is 82.6 Å². The highest BCUT2D eigenvalue weighted by Crippen LogP contribution is 2.24. The lowest BCUT2D eigenvalue weighted by Gasteiger charge is -2.20. The van der Waals surface area contributed by atoms with E-state index in [9.17, 15) is 0 Å². The molecule has 0 saturated heterocycles. The van der Waals surface area contributed by atoms with Crippen LogP contribution in [0.4, 0.5) is 0 Å². The Kier molecular flexibility index (Phi) is 2.78. The van der Waals surface area contributed by atoms with E-state index in [1.165, 1.54) is 11.9 Å². The van der Waals surface area contributed by atoms with Gasteiger partial charge >= 0.3 is 0 Å². The minimum Gasteiger partial charge on any atom is -0.501 e. The van der Waals surface area contributed by atoms with Gasteiger partial charge < -0.3 is 10.1 Å². The van der Waals surface area contributed by atoms with Gasteiger partial charge in [0.15, 0.2) is 0 Å². The zero-order valence-corrected chi connectivity index (χ0v) is 8.16. The van der Waals surface area contributed by atoms with E-state index in [2.05, 4.69) is 20.5 Å². The van der Waals surface area contributed by atoms with Crippen LogP contribution in [0.2, 0.25) is 0 Å². The van der Waals surface area contributed by atoms with E-state index in [4.69, 9.17) is 4.74 Å². The minimum atomic E-state index is 0.0952. The molecule has 0 radical (unpaired) electrons. The topological polar surface area (TPSA) is 62.8 Å². The van der Waals surface area contributed by atoms with E-state index in [1.54, 1.807) is 0 Å². The number of nitrogens with one attached hydrogen (secondary N) is 2. The number of rotatable bonds is 3. The maximum absolute atomic E-state index is 5.30. The largest absolute Gasteiger partial charge is 0.501 e. The normalized spacial score (nSPS) is 18.5. The Morgan fingerprint density at radius 2 is 2.57 bits per heavy atom. The first-order valence-electron chi connectivity index (χ1n) is 4.75. The summed E-state index contributed by atoms with van der Waals surface area (Å²) in [5, 5.41) is 9.90. The minimum absolute atomic E-state index is 0.0952. The van der Waals surface area contributed by atoms with Crippen molar-refractivity contribution in [2.75, 3.05) is 13.7 Å². The highest BCUT2D eigenvalue weighted by molar-refractivity contribution is 5.16. The van der Waals surface area contributed by atoms with Crippen LogP contribution in [0.25, 0.3) is 0 Å². The van der Waals surface area contributed by atoms with Crippen LogP contribution < -0.4 is 5.32 Å². The highest BCUT2D eigenvalue weighted by atomic mass is 16.5. The van der Waals surface area contributed by atoms with Crippen molar-refractivity contribution in [3.8, 4) is 0 Å². The molecule has 2 heterocycles. The third-order valence-electron chi connectivity index (χ3n) is 2.33. The quantitative estimate of drug-likeness (QED) is 0.745. The number of hydrogen-bond donors (Lipinski definition) is 2. The predicted octanol–water partition coefficient (Wildman–Crippen LogP) is 0.759. The van der Waals surface area contributed by atoms with E-state index in [1.807, 2.05) is 13.3 Å².